The maximum Gasteiger partial charge on any atom is 0.573 e. The van der Waals surface area contributed by atoms with Crippen LogP contribution in [0, 0.1) is 0 Å². The first kappa shape index (κ1) is 16.2. The predicted octanol–water partition coefficient (Wildman–Crippen LogP) is 2.42. The normalized spacial score (nSPS) is 11.8. The van der Waals surface area contributed by atoms with Crippen LogP contribution in [0.3, 0.4) is 0 Å². The average molecular weight is 357 g/mol. The van der Waals surface area contributed by atoms with Gasteiger partial charge in [-0.3, -0.25) is 9.78 Å². The zero-order valence-electron chi connectivity index (χ0n) is 11.8. The van der Waals surface area contributed by atoms with Crippen LogP contribution in [0.25, 0.3) is 11.2 Å². The third kappa shape index (κ3) is 3.79. The Bertz CT molecular complexity index is 937. The van der Waals surface area contributed by atoms with Crippen molar-refractivity contribution >= 4 is 28.9 Å². The van der Waals surface area contributed by atoms with Crippen LogP contribution in [0.2, 0.25) is 0 Å². The van der Waals surface area contributed by atoms with Gasteiger partial charge in [0.25, 0.3) is 5.56 Å². The molecule has 11 heteroatoms. The molecule has 7 nitrogen and oxygen atoms in total. The van der Waals surface area contributed by atoms with Crippen molar-refractivity contribution in [2.75, 3.05) is 5.73 Å². The summed E-state index contributed by atoms with van der Waals surface area (Å²) in [6.07, 6.45) is -4.74. The van der Waals surface area contributed by atoms with Gasteiger partial charge in [0.1, 0.15) is 5.75 Å². The minimum atomic E-state index is -4.74. The van der Waals surface area contributed by atoms with Crippen LogP contribution in [0.1, 0.15) is 5.56 Å². The van der Waals surface area contributed by atoms with Gasteiger partial charge in [-0.1, -0.05) is 23.9 Å². The van der Waals surface area contributed by atoms with Gasteiger partial charge in [-0.15, -0.1) is 13.2 Å². The largest absolute Gasteiger partial charge is 0.573 e. The Balaban J connectivity index is 1.75. The third-order valence-corrected chi connectivity index (χ3v) is 3.81. The van der Waals surface area contributed by atoms with Crippen molar-refractivity contribution < 1.29 is 17.9 Å². The molecule has 126 valence electrons. The number of aromatic amines is 2. The van der Waals surface area contributed by atoms with Crippen LogP contribution in [0.15, 0.2) is 34.2 Å². The molecule has 2 aromatic heterocycles. The standard InChI is InChI=1S/C13H10F3N5O2S/c14-13(15,16)23-7-3-1-2-6(4-7)5-24-12-18-8-9(20-12)19-11(17)21-10(8)22/h1-4H,5H2,(H4,17,18,19,20,21,22). The topological polar surface area (TPSA) is 110 Å². The zero-order chi connectivity index (χ0) is 17.3. The van der Waals surface area contributed by atoms with E-state index in [0.717, 1.165) is 0 Å². The van der Waals surface area contributed by atoms with Gasteiger partial charge in [0.05, 0.1) is 0 Å². The maximum absolute atomic E-state index is 12.2. The second-order valence-electron chi connectivity index (χ2n) is 4.68. The number of nitrogens with two attached hydrogens (primary N) is 1. The van der Waals surface area contributed by atoms with Crippen LogP contribution in [0.5, 0.6) is 5.75 Å². The molecule has 0 radical (unpaired) electrons. The first-order chi connectivity index (χ1) is 11.3. The minimum absolute atomic E-state index is 0.0486. The number of nitrogen functional groups attached to an aromatic ring is 1. The second-order valence-corrected chi connectivity index (χ2v) is 5.64. The highest BCUT2D eigenvalue weighted by Gasteiger charge is 2.31. The van der Waals surface area contributed by atoms with Gasteiger partial charge >= 0.3 is 6.36 Å². The van der Waals surface area contributed by atoms with Crippen molar-refractivity contribution in [2.45, 2.75) is 17.3 Å². The molecule has 0 aliphatic rings. The fourth-order valence-electron chi connectivity index (χ4n) is 1.96. The molecule has 0 atom stereocenters. The fraction of sp³-hybridized carbons (Fsp3) is 0.154. The Hall–Kier alpha value is -2.69. The fourth-order valence-corrected chi connectivity index (χ4v) is 2.76. The molecule has 0 unspecified atom stereocenters. The third-order valence-electron chi connectivity index (χ3n) is 2.87. The number of thioether (sulfide) groups is 1. The van der Waals surface area contributed by atoms with Crippen molar-refractivity contribution in [1.82, 2.24) is 19.9 Å². The maximum atomic E-state index is 12.2. The first-order valence-electron chi connectivity index (χ1n) is 6.53. The number of hydrogen-bond acceptors (Lipinski definition) is 6. The summed E-state index contributed by atoms with van der Waals surface area (Å²) >= 11 is 1.20. The van der Waals surface area contributed by atoms with Crippen molar-refractivity contribution in [3.63, 3.8) is 0 Å². The number of halogens is 3. The van der Waals surface area contributed by atoms with Crippen molar-refractivity contribution in [3.8, 4) is 5.75 Å². The van der Waals surface area contributed by atoms with Gasteiger partial charge in [-0.2, -0.15) is 4.98 Å². The first-order valence-corrected chi connectivity index (χ1v) is 7.52. The van der Waals surface area contributed by atoms with E-state index in [2.05, 4.69) is 24.7 Å². The molecule has 3 rings (SSSR count). The number of rotatable bonds is 4. The SMILES string of the molecule is Nc1nc2nc(SCc3cccc(OC(F)(F)F)c3)[nH]c2c(=O)[nH]1. The van der Waals surface area contributed by atoms with Gasteiger partial charge in [-0.05, 0) is 17.7 Å². The molecular formula is C13H10F3N5O2S. The van der Waals surface area contributed by atoms with Gasteiger partial charge in [0, 0.05) is 5.75 Å². The number of anilines is 1. The molecule has 0 saturated heterocycles. The Morgan fingerprint density at radius 1 is 1.25 bits per heavy atom. The molecule has 0 aliphatic heterocycles. The highest BCUT2D eigenvalue weighted by atomic mass is 32.2. The molecular weight excluding hydrogens is 347 g/mol. The minimum Gasteiger partial charge on any atom is -0.406 e. The molecule has 1 aromatic carbocycles. The predicted molar refractivity (Wildman–Crippen MR) is 81.6 cm³/mol. The molecule has 3 aromatic rings. The summed E-state index contributed by atoms with van der Waals surface area (Å²) in [5.41, 5.74) is 5.94. The quantitative estimate of drug-likeness (QED) is 0.619. The monoisotopic (exact) mass is 357 g/mol. The number of alkyl halides is 3. The summed E-state index contributed by atoms with van der Waals surface area (Å²) < 4.78 is 40.5. The van der Waals surface area contributed by atoms with E-state index in [1.165, 1.54) is 30.0 Å². The highest BCUT2D eigenvalue weighted by Crippen LogP contribution is 2.26. The number of nitrogens with one attached hydrogen (secondary N) is 2. The van der Waals surface area contributed by atoms with Crippen LogP contribution >= 0.6 is 11.8 Å². The Morgan fingerprint density at radius 3 is 2.79 bits per heavy atom. The summed E-state index contributed by atoms with van der Waals surface area (Å²) in [5, 5.41) is 0.399. The lowest BCUT2D eigenvalue weighted by molar-refractivity contribution is -0.274. The number of imidazole rings is 1. The molecule has 0 bridgehead atoms. The molecule has 0 fully saturated rings. The highest BCUT2D eigenvalue weighted by molar-refractivity contribution is 7.98. The van der Waals surface area contributed by atoms with E-state index in [0.29, 0.717) is 16.5 Å². The van der Waals surface area contributed by atoms with E-state index in [1.54, 1.807) is 6.07 Å². The lowest BCUT2D eigenvalue weighted by Gasteiger charge is -2.09. The number of aromatic nitrogens is 4. The van der Waals surface area contributed by atoms with E-state index in [1.807, 2.05) is 0 Å². The van der Waals surface area contributed by atoms with Gasteiger partial charge in [0.2, 0.25) is 5.95 Å². The van der Waals surface area contributed by atoms with Crippen LogP contribution in [-0.4, -0.2) is 26.3 Å². The van der Waals surface area contributed by atoms with Crippen molar-refractivity contribution in [3.05, 3.63) is 40.2 Å². The van der Waals surface area contributed by atoms with Gasteiger partial charge < -0.3 is 15.5 Å². The number of H-pyrrole nitrogens is 2. The van der Waals surface area contributed by atoms with E-state index >= 15 is 0 Å². The smallest absolute Gasteiger partial charge is 0.406 e. The number of nitrogens with zero attached hydrogens (tertiary/aromatic N) is 2. The summed E-state index contributed by atoms with van der Waals surface area (Å²) in [4.78, 5) is 24.8. The number of hydrogen-bond donors (Lipinski definition) is 3. The number of benzene rings is 1. The summed E-state index contributed by atoms with van der Waals surface area (Å²) in [6.45, 7) is 0. The van der Waals surface area contributed by atoms with Crippen molar-refractivity contribution in [1.29, 1.82) is 0 Å². The lowest BCUT2D eigenvalue weighted by Crippen LogP contribution is -2.17. The van der Waals surface area contributed by atoms with E-state index in [4.69, 9.17) is 5.73 Å². The molecule has 0 saturated carbocycles. The van der Waals surface area contributed by atoms with Crippen molar-refractivity contribution in [2.24, 2.45) is 0 Å². The van der Waals surface area contributed by atoms with E-state index in [9.17, 15) is 18.0 Å². The number of ether oxygens (including phenoxy) is 1. The molecule has 2 heterocycles. The van der Waals surface area contributed by atoms with Crippen LogP contribution in [0.4, 0.5) is 19.1 Å². The molecule has 0 amide bonds. The Kier molecular flexibility index (Phi) is 4.09. The number of fused-ring (bicyclic) bond motifs is 1. The van der Waals surface area contributed by atoms with Crippen LogP contribution in [-0.2, 0) is 5.75 Å². The van der Waals surface area contributed by atoms with Crippen LogP contribution < -0.4 is 16.0 Å². The Labute approximate surface area is 136 Å². The van der Waals surface area contributed by atoms with Gasteiger partial charge in [0.15, 0.2) is 16.3 Å². The summed E-state index contributed by atoms with van der Waals surface area (Å²) in [7, 11) is 0. The zero-order valence-corrected chi connectivity index (χ0v) is 12.7. The summed E-state index contributed by atoms with van der Waals surface area (Å²) in [5.74, 6) is -0.0222. The molecule has 4 N–H and O–H groups in total. The second kappa shape index (κ2) is 6.07. The molecule has 0 spiro atoms. The summed E-state index contributed by atoms with van der Waals surface area (Å²) in [6, 6.07) is 5.62. The lowest BCUT2D eigenvalue weighted by atomic mass is 10.2. The van der Waals surface area contributed by atoms with E-state index < -0.39 is 11.9 Å². The Morgan fingerprint density at radius 2 is 2.04 bits per heavy atom. The molecule has 0 aliphatic carbocycles. The molecule has 24 heavy (non-hydrogen) atoms. The van der Waals surface area contributed by atoms with E-state index in [-0.39, 0.29) is 22.9 Å². The van der Waals surface area contributed by atoms with Gasteiger partial charge in [-0.25, -0.2) is 4.98 Å². The average Bonchev–Trinajstić information content (AvgIpc) is 2.87.